The van der Waals surface area contributed by atoms with Crippen LogP contribution in [0.4, 0.5) is 0 Å². The molecule has 3 heteroatoms. The summed E-state index contributed by atoms with van der Waals surface area (Å²) in [5, 5.41) is 8.79. The second-order valence-corrected chi connectivity index (χ2v) is 3.39. The molecule has 0 radical (unpaired) electrons. The topological polar surface area (TPSA) is 63.3 Å². The predicted molar refractivity (Wildman–Crippen MR) is 39.8 cm³/mol. The van der Waals surface area contributed by atoms with Crippen LogP contribution in [0.25, 0.3) is 0 Å². The molecule has 2 bridgehead atoms. The maximum Gasteiger partial charge on any atom is 0.308 e. The molecule has 2 aliphatic carbocycles. The first-order valence-corrected chi connectivity index (χ1v) is 3.87. The van der Waals surface area contributed by atoms with Crippen molar-refractivity contribution in [3.8, 4) is 0 Å². The molecule has 2 aliphatic rings. The summed E-state index contributed by atoms with van der Waals surface area (Å²) in [5.74, 6) is -0.548. The Hall–Kier alpha value is -0.830. The number of carbonyl (C=O) groups is 1. The molecule has 60 valence electrons. The molecule has 4 atom stereocenters. The number of hydrogen-bond acceptors (Lipinski definition) is 2. The van der Waals surface area contributed by atoms with Crippen molar-refractivity contribution in [1.82, 2.24) is 0 Å². The number of nitrogens with two attached hydrogens (primary N) is 1. The Balaban J connectivity index is 2.25. The standard InChI is InChI=1S/C8H11NO2/c9-7-5-2-1-4(3-5)6(7)8(10)11/h1-2,4-7H,3,9H2,(H,10,11)/t4-,5+,6+,7+/m1/s1. The van der Waals surface area contributed by atoms with E-state index in [1.165, 1.54) is 0 Å². The summed E-state index contributed by atoms with van der Waals surface area (Å²) in [5.41, 5.74) is 5.73. The van der Waals surface area contributed by atoms with Gasteiger partial charge in [0.1, 0.15) is 0 Å². The van der Waals surface area contributed by atoms with Crippen LogP contribution in [0.5, 0.6) is 0 Å². The molecule has 1 fully saturated rings. The molecule has 0 aromatic rings. The van der Waals surface area contributed by atoms with Crippen molar-refractivity contribution in [2.24, 2.45) is 23.5 Å². The van der Waals surface area contributed by atoms with Crippen LogP contribution in [0.15, 0.2) is 12.2 Å². The van der Waals surface area contributed by atoms with Gasteiger partial charge >= 0.3 is 5.97 Å². The molecule has 3 nitrogen and oxygen atoms in total. The quantitative estimate of drug-likeness (QED) is 0.530. The van der Waals surface area contributed by atoms with Crippen molar-refractivity contribution in [1.29, 1.82) is 0 Å². The van der Waals surface area contributed by atoms with Crippen molar-refractivity contribution in [2.75, 3.05) is 0 Å². The first-order chi connectivity index (χ1) is 5.20. The largest absolute Gasteiger partial charge is 0.481 e. The van der Waals surface area contributed by atoms with E-state index >= 15 is 0 Å². The fourth-order valence-corrected chi connectivity index (χ4v) is 2.21. The summed E-state index contributed by atoms with van der Waals surface area (Å²) < 4.78 is 0. The average Bonchev–Trinajstić information content (AvgIpc) is 2.44. The van der Waals surface area contributed by atoms with Crippen molar-refractivity contribution in [3.63, 3.8) is 0 Å². The van der Waals surface area contributed by atoms with E-state index < -0.39 is 5.97 Å². The lowest BCUT2D eigenvalue weighted by atomic mass is 9.90. The van der Waals surface area contributed by atoms with E-state index in [-0.39, 0.29) is 17.9 Å². The molecule has 0 spiro atoms. The minimum absolute atomic E-state index is 0.150. The zero-order valence-electron chi connectivity index (χ0n) is 6.10. The van der Waals surface area contributed by atoms with Crippen molar-refractivity contribution in [3.05, 3.63) is 12.2 Å². The molecule has 0 aromatic carbocycles. The van der Waals surface area contributed by atoms with Gasteiger partial charge in [0.25, 0.3) is 0 Å². The van der Waals surface area contributed by atoms with Crippen molar-refractivity contribution in [2.45, 2.75) is 12.5 Å². The number of fused-ring (bicyclic) bond motifs is 2. The molecule has 0 heterocycles. The monoisotopic (exact) mass is 153 g/mol. The van der Waals surface area contributed by atoms with Gasteiger partial charge < -0.3 is 10.8 Å². The van der Waals surface area contributed by atoms with E-state index in [1.54, 1.807) is 0 Å². The van der Waals surface area contributed by atoms with Gasteiger partial charge in [-0.3, -0.25) is 4.79 Å². The molecule has 0 amide bonds. The van der Waals surface area contributed by atoms with Crippen molar-refractivity contribution >= 4 is 5.97 Å². The number of aliphatic carboxylic acids is 1. The normalized spacial score (nSPS) is 46.6. The first-order valence-electron chi connectivity index (χ1n) is 3.87. The molecule has 1 saturated carbocycles. The van der Waals surface area contributed by atoms with Crippen LogP contribution < -0.4 is 5.73 Å². The Labute approximate surface area is 64.9 Å². The highest BCUT2D eigenvalue weighted by Gasteiger charge is 2.46. The molecular formula is C8H11NO2. The fraction of sp³-hybridized carbons (Fsp3) is 0.625. The van der Waals surface area contributed by atoms with Crippen LogP contribution in [0, 0.1) is 17.8 Å². The Kier molecular flexibility index (Phi) is 1.29. The van der Waals surface area contributed by atoms with Gasteiger partial charge in [0.15, 0.2) is 0 Å². The summed E-state index contributed by atoms with van der Waals surface area (Å²) >= 11 is 0. The maximum atomic E-state index is 10.7. The smallest absolute Gasteiger partial charge is 0.308 e. The van der Waals surface area contributed by atoms with E-state index in [4.69, 9.17) is 10.8 Å². The molecular weight excluding hydrogens is 142 g/mol. The molecule has 0 saturated heterocycles. The van der Waals surface area contributed by atoms with Gasteiger partial charge in [0, 0.05) is 6.04 Å². The lowest BCUT2D eigenvalue weighted by molar-refractivity contribution is -0.143. The highest BCUT2D eigenvalue weighted by molar-refractivity contribution is 5.72. The van der Waals surface area contributed by atoms with Crippen molar-refractivity contribution < 1.29 is 9.90 Å². The number of rotatable bonds is 1. The zero-order chi connectivity index (χ0) is 8.01. The lowest BCUT2D eigenvalue weighted by Crippen LogP contribution is -2.38. The second-order valence-electron chi connectivity index (χ2n) is 3.39. The van der Waals surface area contributed by atoms with Crippen LogP contribution in [0.3, 0.4) is 0 Å². The van der Waals surface area contributed by atoms with Crippen LogP contribution in [-0.4, -0.2) is 17.1 Å². The van der Waals surface area contributed by atoms with Gasteiger partial charge in [-0.25, -0.2) is 0 Å². The van der Waals surface area contributed by atoms with Gasteiger partial charge in [0.2, 0.25) is 0 Å². The van der Waals surface area contributed by atoms with E-state index in [1.807, 2.05) is 6.08 Å². The van der Waals surface area contributed by atoms with Crippen LogP contribution in [-0.2, 0) is 4.79 Å². The van der Waals surface area contributed by atoms with Gasteiger partial charge in [-0.15, -0.1) is 0 Å². The zero-order valence-corrected chi connectivity index (χ0v) is 6.10. The van der Waals surface area contributed by atoms with Crippen LogP contribution in [0.2, 0.25) is 0 Å². The number of carboxylic acids is 1. The Morgan fingerprint density at radius 3 is 2.45 bits per heavy atom. The molecule has 2 rings (SSSR count). The van der Waals surface area contributed by atoms with E-state index in [9.17, 15) is 4.79 Å². The fourth-order valence-electron chi connectivity index (χ4n) is 2.21. The molecule has 3 N–H and O–H groups in total. The first kappa shape index (κ1) is 6.85. The minimum atomic E-state index is -0.741. The number of allylic oxidation sites excluding steroid dienone is 1. The van der Waals surface area contributed by atoms with Gasteiger partial charge in [0.05, 0.1) is 5.92 Å². The van der Waals surface area contributed by atoms with Gasteiger partial charge in [-0.05, 0) is 18.3 Å². The number of hydrogen-bond donors (Lipinski definition) is 2. The summed E-state index contributed by atoms with van der Waals surface area (Å²) in [7, 11) is 0. The summed E-state index contributed by atoms with van der Waals surface area (Å²) in [6.45, 7) is 0. The molecule has 0 aliphatic heterocycles. The molecule has 11 heavy (non-hydrogen) atoms. The van der Waals surface area contributed by atoms with Gasteiger partial charge in [-0.1, -0.05) is 12.2 Å². The number of carboxylic acid groups (broad SMARTS) is 1. The minimum Gasteiger partial charge on any atom is -0.481 e. The third kappa shape index (κ3) is 0.807. The third-order valence-electron chi connectivity index (χ3n) is 2.81. The third-order valence-corrected chi connectivity index (χ3v) is 2.81. The highest BCUT2D eigenvalue weighted by atomic mass is 16.4. The SMILES string of the molecule is N[C@@H]1[C@@H](C(=O)O)[C@@H]2C=C[C@H]1C2. The molecule has 0 unspecified atom stereocenters. The van der Waals surface area contributed by atoms with Crippen LogP contribution >= 0.6 is 0 Å². The second kappa shape index (κ2) is 2.08. The van der Waals surface area contributed by atoms with Gasteiger partial charge in [-0.2, -0.15) is 0 Å². The van der Waals surface area contributed by atoms with E-state index in [0.29, 0.717) is 5.92 Å². The average molecular weight is 153 g/mol. The predicted octanol–water partition coefficient (Wildman–Crippen LogP) is 0.220. The Morgan fingerprint density at radius 2 is 2.09 bits per heavy atom. The summed E-state index contributed by atoms with van der Waals surface area (Å²) in [4.78, 5) is 10.7. The van der Waals surface area contributed by atoms with E-state index in [2.05, 4.69) is 6.08 Å². The highest BCUT2D eigenvalue weighted by Crippen LogP contribution is 2.42. The van der Waals surface area contributed by atoms with Crippen LogP contribution in [0.1, 0.15) is 6.42 Å². The summed E-state index contributed by atoms with van der Waals surface area (Å²) in [6.07, 6.45) is 4.99. The van der Waals surface area contributed by atoms with E-state index in [0.717, 1.165) is 6.42 Å². The Morgan fingerprint density at radius 1 is 1.45 bits per heavy atom. The lowest BCUT2D eigenvalue weighted by Gasteiger charge is -2.19. The summed E-state index contributed by atoms with van der Waals surface area (Å²) in [6, 6.07) is -0.150. The Bertz CT molecular complexity index is 224. The molecule has 0 aromatic heterocycles. The maximum absolute atomic E-state index is 10.7.